The molecule has 0 bridgehead atoms. The van der Waals surface area contributed by atoms with Crippen molar-refractivity contribution in [3.63, 3.8) is 0 Å². The number of aryl methyl sites for hydroxylation is 1. The van der Waals surface area contributed by atoms with E-state index in [1.165, 1.54) is 18.7 Å². The largest absolute Gasteiger partial charge is 0.495 e. The van der Waals surface area contributed by atoms with Gasteiger partial charge >= 0.3 is 12.0 Å². The van der Waals surface area contributed by atoms with Crippen molar-refractivity contribution >= 4 is 35.2 Å². The molecule has 3 aromatic rings. The number of ether oxygens (including phenoxy) is 1. The van der Waals surface area contributed by atoms with Crippen LogP contribution < -0.4 is 26.0 Å². The number of amides is 4. The Morgan fingerprint density at radius 1 is 1.00 bits per heavy atom. The highest BCUT2D eigenvalue weighted by molar-refractivity contribution is 6.01. The number of carbonyl (C=O) groups excluding carboxylic acids is 3. The molecule has 0 saturated carbocycles. The van der Waals surface area contributed by atoms with E-state index in [9.17, 15) is 24.3 Å². The topological polar surface area (TPSA) is 164 Å². The zero-order valence-corrected chi connectivity index (χ0v) is 24.4. The number of benzene rings is 2. The van der Waals surface area contributed by atoms with Crippen LogP contribution in [0.15, 0.2) is 54.7 Å². The number of methoxy groups -OCH3 is 1. The lowest BCUT2D eigenvalue weighted by Crippen LogP contribution is -2.42. The van der Waals surface area contributed by atoms with Gasteiger partial charge in [0.15, 0.2) is 0 Å². The van der Waals surface area contributed by atoms with Gasteiger partial charge in [0, 0.05) is 18.8 Å². The molecule has 12 heteroatoms. The molecule has 2 aromatic carbocycles. The molecule has 0 radical (unpaired) electrons. The van der Waals surface area contributed by atoms with Gasteiger partial charge in [0.1, 0.15) is 11.8 Å². The van der Waals surface area contributed by atoms with Crippen LogP contribution in [0.25, 0.3) is 0 Å². The first-order chi connectivity index (χ1) is 19.9. The van der Waals surface area contributed by atoms with Gasteiger partial charge in [-0.25, -0.2) is 9.59 Å². The van der Waals surface area contributed by atoms with Gasteiger partial charge in [-0.1, -0.05) is 38.1 Å². The van der Waals surface area contributed by atoms with Crippen LogP contribution in [0.3, 0.4) is 0 Å². The number of para-hydroxylation sites is 1. The molecule has 12 nitrogen and oxygen atoms in total. The van der Waals surface area contributed by atoms with Crippen LogP contribution in [0.4, 0.5) is 16.2 Å². The Kier molecular flexibility index (Phi) is 11.1. The Hall–Kier alpha value is -4.87. The van der Waals surface area contributed by atoms with Crippen molar-refractivity contribution in [2.45, 2.75) is 59.2 Å². The second-order valence-corrected chi connectivity index (χ2v) is 10.4. The number of hydrogen-bond donors (Lipinski definition) is 5. The number of carboxylic acids is 1. The zero-order chi connectivity index (χ0) is 30.8. The fraction of sp³-hybridized carbons (Fsp3) is 0.367. The smallest absolute Gasteiger partial charge is 0.328 e. The number of carbonyl (C=O) groups is 4. The molecular weight excluding hydrogens is 540 g/mol. The predicted octanol–water partition coefficient (Wildman–Crippen LogP) is 3.88. The Morgan fingerprint density at radius 3 is 2.36 bits per heavy atom. The molecule has 1 aromatic heterocycles. The molecule has 0 fully saturated rings. The van der Waals surface area contributed by atoms with E-state index in [1.54, 1.807) is 30.5 Å². The Bertz CT molecular complexity index is 1420. The molecule has 3 rings (SSSR count). The highest BCUT2D eigenvalue weighted by Crippen LogP contribution is 2.27. The molecule has 0 saturated heterocycles. The highest BCUT2D eigenvalue weighted by atomic mass is 16.5. The Labute approximate surface area is 244 Å². The molecule has 2 atom stereocenters. The number of nitrogens with one attached hydrogen (secondary N) is 4. The number of urea groups is 1. The van der Waals surface area contributed by atoms with Gasteiger partial charge in [-0.15, -0.1) is 0 Å². The monoisotopic (exact) mass is 578 g/mol. The van der Waals surface area contributed by atoms with Gasteiger partial charge in [0.25, 0.3) is 0 Å². The van der Waals surface area contributed by atoms with E-state index in [2.05, 4.69) is 26.4 Å². The Balaban J connectivity index is 1.67. The molecule has 5 N–H and O–H groups in total. The lowest BCUT2D eigenvalue weighted by atomic mass is 10.0. The van der Waals surface area contributed by atoms with E-state index in [0.717, 1.165) is 5.56 Å². The molecule has 4 amide bonds. The van der Waals surface area contributed by atoms with E-state index in [-0.39, 0.29) is 24.8 Å². The minimum atomic E-state index is -1.17. The first-order valence-electron chi connectivity index (χ1n) is 13.6. The van der Waals surface area contributed by atoms with Crippen molar-refractivity contribution in [2.24, 2.45) is 5.92 Å². The summed E-state index contributed by atoms with van der Waals surface area (Å²) in [5.74, 6) is -1.21. The number of aromatic nitrogens is 2. The molecule has 0 aliphatic heterocycles. The normalized spacial score (nSPS) is 12.2. The second kappa shape index (κ2) is 14.7. The van der Waals surface area contributed by atoms with Crippen molar-refractivity contribution < 1.29 is 29.0 Å². The summed E-state index contributed by atoms with van der Waals surface area (Å²) in [6, 6.07) is 12.3. The summed E-state index contributed by atoms with van der Waals surface area (Å²) in [5, 5.41) is 24.9. The summed E-state index contributed by atoms with van der Waals surface area (Å²) >= 11 is 0. The van der Waals surface area contributed by atoms with Gasteiger partial charge in [-0.05, 0) is 54.7 Å². The Morgan fingerprint density at radius 2 is 1.71 bits per heavy atom. The summed E-state index contributed by atoms with van der Waals surface area (Å²) in [6.07, 6.45) is 2.29. The number of rotatable bonds is 13. The first-order valence-corrected chi connectivity index (χ1v) is 13.6. The lowest BCUT2D eigenvalue weighted by molar-refractivity contribution is -0.142. The summed E-state index contributed by atoms with van der Waals surface area (Å²) in [7, 11) is 1.49. The number of carboxylic acid groups (broad SMARTS) is 1. The van der Waals surface area contributed by atoms with Gasteiger partial charge in [-0.3, -0.25) is 14.3 Å². The highest BCUT2D eigenvalue weighted by Gasteiger charge is 2.23. The van der Waals surface area contributed by atoms with Crippen molar-refractivity contribution in [3.05, 3.63) is 71.5 Å². The van der Waals surface area contributed by atoms with Crippen LogP contribution >= 0.6 is 0 Å². The maximum atomic E-state index is 13.1. The maximum absolute atomic E-state index is 13.1. The van der Waals surface area contributed by atoms with Crippen LogP contribution in [0.2, 0.25) is 0 Å². The minimum Gasteiger partial charge on any atom is -0.495 e. The number of hydrogen-bond acceptors (Lipinski definition) is 6. The van der Waals surface area contributed by atoms with Crippen molar-refractivity contribution in [2.75, 3.05) is 17.7 Å². The number of aliphatic carboxylic acids is 1. The third-order valence-corrected chi connectivity index (χ3v) is 6.38. The van der Waals surface area contributed by atoms with E-state index in [0.29, 0.717) is 34.8 Å². The maximum Gasteiger partial charge on any atom is 0.328 e. The second-order valence-electron chi connectivity index (χ2n) is 10.4. The van der Waals surface area contributed by atoms with Crippen LogP contribution in [0.1, 0.15) is 50.1 Å². The quantitative estimate of drug-likeness (QED) is 0.205. The summed E-state index contributed by atoms with van der Waals surface area (Å²) in [5.41, 5.74) is 3.34. The molecule has 224 valence electrons. The van der Waals surface area contributed by atoms with E-state index in [4.69, 9.17) is 4.74 Å². The van der Waals surface area contributed by atoms with Crippen LogP contribution in [0.5, 0.6) is 5.75 Å². The summed E-state index contributed by atoms with van der Waals surface area (Å²) in [6.45, 7) is 7.15. The van der Waals surface area contributed by atoms with Gasteiger partial charge in [-0.2, -0.15) is 5.10 Å². The molecule has 1 heterocycles. The van der Waals surface area contributed by atoms with Crippen LogP contribution in [-0.2, 0) is 27.3 Å². The van der Waals surface area contributed by atoms with Crippen LogP contribution in [-0.4, -0.2) is 51.9 Å². The van der Waals surface area contributed by atoms with Crippen LogP contribution in [0, 0.1) is 12.8 Å². The SMILES string of the molecule is COc1cc(CC(=O)NC(CC(C)C)c2ccn(CC(NC(C)=O)C(=O)O)n2)ccc1NC(=O)Nc1ccccc1C. The summed E-state index contributed by atoms with van der Waals surface area (Å²) in [4.78, 5) is 48.5. The molecule has 2 unspecified atom stereocenters. The average Bonchev–Trinajstić information content (AvgIpc) is 3.38. The standard InChI is InChI=1S/C30H38N6O6/c1-18(2)14-25(23-12-13-36(35-23)17-26(29(39)40)31-20(4)37)32-28(38)16-21-10-11-24(27(15-21)42-5)34-30(41)33-22-9-7-6-8-19(22)3/h6-13,15,18,25-26H,14,16-17H2,1-5H3,(H,31,37)(H,32,38)(H,39,40)(H2,33,34,41). The third kappa shape index (κ3) is 9.36. The van der Waals surface area contributed by atoms with E-state index in [1.807, 2.05) is 45.0 Å². The van der Waals surface area contributed by atoms with Crippen molar-refractivity contribution in [3.8, 4) is 5.75 Å². The first kappa shape index (κ1) is 31.7. The molecule has 42 heavy (non-hydrogen) atoms. The molecule has 0 spiro atoms. The zero-order valence-electron chi connectivity index (χ0n) is 24.4. The molecule has 0 aliphatic rings. The fourth-order valence-corrected chi connectivity index (χ4v) is 4.38. The predicted molar refractivity (Wildman–Crippen MR) is 158 cm³/mol. The van der Waals surface area contributed by atoms with E-state index < -0.39 is 30.0 Å². The minimum absolute atomic E-state index is 0.0551. The average molecular weight is 579 g/mol. The lowest BCUT2D eigenvalue weighted by Gasteiger charge is -2.19. The molecular formula is C30H38N6O6. The fourth-order valence-electron chi connectivity index (χ4n) is 4.38. The van der Waals surface area contributed by atoms with Gasteiger partial charge < -0.3 is 31.1 Å². The van der Waals surface area contributed by atoms with Crippen molar-refractivity contribution in [1.82, 2.24) is 20.4 Å². The number of nitrogens with zero attached hydrogens (tertiary/aromatic N) is 2. The number of anilines is 2. The summed E-state index contributed by atoms with van der Waals surface area (Å²) < 4.78 is 6.91. The van der Waals surface area contributed by atoms with Crippen molar-refractivity contribution in [1.29, 1.82) is 0 Å². The van der Waals surface area contributed by atoms with E-state index >= 15 is 0 Å². The van der Waals surface area contributed by atoms with Gasteiger partial charge in [0.05, 0.1) is 37.5 Å². The molecule has 0 aliphatic carbocycles. The third-order valence-electron chi connectivity index (χ3n) is 6.38. The van der Waals surface area contributed by atoms with Gasteiger partial charge in [0.2, 0.25) is 11.8 Å².